The smallest absolute Gasteiger partial charge is 0.306 e. The van der Waals surface area contributed by atoms with Gasteiger partial charge in [0.15, 0.2) is 5.60 Å². The molecule has 1 unspecified atom stereocenters. The van der Waals surface area contributed by atoms with Crippen LogP contribution in [0.3, 0.4) is 0 Å². The van der Waals surface area contributed by atoms with E-state index in [1.807, 2.05) is 0 Å². The van der Waals surface area contributed by atoms with Crippen LogP contribution in [0.1, 0.15) is 265 Å². The standard InChI is InChI=1S/C52H98N2O5/c1-5-9-13-14-15-16-17-18-19-20-21-22-23-25-28-33-42-52(51(57)53-44-12-8-4,59-50(56)41-37-47-54-45-35-30-31-36-46-54)43-34-29-26-24-27-32-40-49(55)58-48(38-10-6-2)39-11-7-3/h18-19,48H,5-17,20-47H2,1-4H3,(H,53,57)/b19-18-. The van der Waals surface area contributed by atoms with Crippen LogP contribution in [0.2, 0.25) is 0 Å². The van der Waals surface area contributed by atoms with Gasteiger partial charge in [0.1, 0.15) is 6.10 Å². The Bertz CT molecular complexity index is 1000. The third-order valence-corrected chi connectivity index (χ3v) is 12.5. The summed E-state index contributed by atoms with van der Waals surface area (Å²) >= 11 is 0. The normalized spacial score (nSPS) is 14.7. The lowest BCUT2D eigenvalue weighted by Gasteiger charge is -2.33. The van der Waals surface area contributed by atoms with Crippen LogP contribution in [0.15, 0.2) is 12.2 Å². The number of hydrogen-bond acceptors (Lipinski definition) is 6. The van der Waals surface area contributed by atoms with E-state index in [2.05, 4.69) is 50.1 Å². The highest BCUT2D eigenvalue weighted by molar-refractivity contribution is 5.88. The number of amides is 1. The third-order valence-electron chi connectivity index (χ3n) is 12.5. The van der Waals surface area contributed by atoms with Crippen LogP contribution < -0.4 is 5.32 Å². The van der Waals surface area contributed by atoms with Crippen molar-refractivity contribution in [3.05, 3.63) is 12.2 Å². The minimum absolute atomic E-state index is 0.0412. The zero-order chi connectivity index (χ0) is 42.9. The Labute approximate surface area is 366 Å². The molecule has 1 fully saturated rings. The molecule has 0 saturated carbocycles. The number of allylic oxidation sites excluding steroid dienone is 2. The lowest BCUT2D eigenvalue weighted by atomic mass is 9.88. The summed E-state index contributed by atoms with van der Waals surface area (Å²) in [7, 11) is 0. The molecule has 1 aliphatic heterocycles. The van der Waals surface area contributed by atoms with E-state index in [4.69, 9.17) is 9.47 Å². The first-order chi connectivity index (χ1) is 28.9. The molecule has 0 bridgehead atoms. The maximum atomic E-state index is 14.0. The molecule has 7 nitrogen and oxygen atoms in total. The van der Waals surface area contributed by atoms with E-state index >= 15 is 0 Å². The lowest BCUT2D eigenvalue weighted by molar-refractivity contribution is -0.171. The fourth-order valence-corrected chi connectivity index (χ4v) is 8.53. The second-order valence-corrected chi connectivity index (χ2v) is 18.1. The molecule has 346 valence electrons. The van der Waals surface area contributed by atoms with E-state index in [1.165, 1.54) is 96.3 Å². The number of nitrogens with zero attached hydrogens (tertiary/aromatic N) is 1. The van der Waals surface area contributed by atoms with Gasteiger partial charge in [-0.05, 0) is 116 Å². The van der Waals surface area contributed by atoms with Gasteiger partial charge in [0, 0.05) is 19.4 Å². The molecular weight excluding hydrogens is 733 g/mol. The summed E-state index contributed by atoms with van der Waals surface area (Å²) in [4.78, 5) is 42.7. The van der Waals surface area contributed by atoms with Crippen LogP contribution in [0.4, 0.5) is 0 Å². The van der Waals surface area contributed by atoms with Crippen LogP contribution in [0.5, 0.6) is 0 Å². The van der Waals surface area contributed by atoms with Gasteiger partial charge in [0.2, 0.25) is 0 Å². The minimum Gasteiger partial charge on any atom is -0.462 e. The number of hydrogen-bond donors (Lipinski definition) is 1. The molecule has 0 aromatic carbocycles. The summed E-state index contributed by atoms with van der Waals surface area (Å²) < 4.78 is 12.3. The van der Waals surface area contributed by atoms with E-state index in [0.717, 1.165) is 135 Å². The molecule has 0 radical (unpaired) electrons. The van der Waals surface area contributed by atoms with Gasteiger partial charge in [-0.15, -0.1) is 0 Å². The maximum Gasteiger partial charge on any atom is 0.306 e. The third kappa shape index (κ3) is 31.6. The number of likely N-dealkylation sites (tertiary alicyclic amines) is 1. The van der Waals surface area contributed by atoms with Gasteiger partial charge in [-0.1, -0.05) is 168 Å². The molecule has 1 saturated heterocycles. The highest BCUT2D eigenvalue weighted by Crippen LogP contribution is 2.29. The number of carbonyl (C=O) groups is 3. The Morgan fingerprint density at radius 3 is 1.56 bits per heavy atom. The minimum atomic E-state index is -1.09. The number of esters is 2. The van der Waals surface area contributed by atoms with E-state index in [9.17, 15) is 14.4 Å². The molecule has 1 heterocycles. The van der Waals surface area contributed by atoms with Crippen molar-refractivity contribution in [2.45, 2.75) is 277 Å². The quantitative estimate of drug-likeness (QED) is 0.0375. The number of ether oxygens (including phenoxy) is 2. The van der Waals surface area contributed by atoms with Gasteiger partial charge in [0.05, 0.1) is 0 Å². The first kappa shape index (κ1) is 55.1. The summed E-state index contributed by atoms with van der Waals surface area (Å²) in [6, 6.07) is 0. The molecule has 7 heteroatoms. The first-order valence-corrected chi connectivity index (χ1v) is 26.0. The van der Waals surface area contributed by atoms with E-state index in [1.54, 1.807) is 0 Å². The van der Waals surface area contributed by atoms with Gasteiger partial charge in [-0.2, -0.15) is 0 Å². The largest absolute Gasteiger partial charge is 0.462 e. The molecule has 1 atom stereocenters. The van der Waals surface area contributed by atoms with Gasteiger partial charge in [-0.25, -0.2) is 0 Å². The van der Waals surface area contributed by atoms with Crippen molar-refractivity contribution in [2.75, 3.05) is 26.2 Å². The SMILES string of the molecule is CCCCCCCC/C=C\CCCCCCCCC(CCCCCCCCC(=O)OC(CCCC)CCCC)(OC(=O)CCCN1CCCCCC1)C(=O)NCCCC. The number of nitrogens with one attached hydrogen (secondary N) is 1. The van der Waals surface area contributed by atoms with E-state index in [-0.39, 0.29) is 23.9 Å². The van der Waals surface area contributed by atoms with E-state index < -0.39 is 5.60 Å². The maximum absolute atomic E-state index is 14.0. The Hall–Kier alpha value is -1.89. The second kappa shape index (κ2) is 40.2. The summed E-state index contributed by atoms with van der Waals surface area (Å²) in [5, 5.41) is 3.19. The summed E-state index contributed by atoms with van der Waals surface area (Å²) in [6.07, 6.45) is 44.3. The van der Waals surface area contributed by atoms with Crippen molar-refractivity contribution in [3.63, 3.8) is 0 Å². The topological polar surface area (TPSA) is 84.9 Å². The predicted molar refractivity (Wildman–Crippen MR) is 251 cm³/mol. The van der Waals surface area contributed by atoms with Crippen molar-refractivity contribution in [2.24, 2.45) is 0 Å². The molecule has 0 aliphatic carbocycles. The van der Waals surface area contributed by atoms with Crippen molar-refractivity contribution < 1.29 is 23.9 Å². The van der Waals surface area contributed by atoms with Crippen LogP contribution in [-0.2, 0) is 23.9 Å². The highest BCUT2D eigenvalue weighted by atomic mass is 16.6. The Morgan fingerprint density at radius 1 is 0.542 bits per heavy atom. The predicted octanol–water partition coefficient (Wildman–Crippen LogP) is 14.7. The molecular formula is C52H98N2O5. The zero-order valence-electron chi connectivity index (χ0n) is 39.7. The van der Waals surface area contributed by atoms with Crippen LogP contribution in [-0.4, -0.2) is 60.6 Å². The van der Waals surface area contributed by atoms with Crippen molar-refractivity contribution in [3.8, 4) is 0 Å². The van der Waals surface area contributed by atoms with Crippen molar-refractivity contribution in [1.82, 2.24) is 10.2 Å². The first-order valence-electron chi connectivity index (χ1n) is 26.0. The molecule has 1 N–H and O–H groups in total. The number of unbranched alkanes of at least 4 members (excludes halogenated alkanes) is 20. The van der Waals surface area contributed by atoms with Gasteiger partial charge < -0.3 is 19.7 Å². The highest BCUT2D eigenvalue weighted by Gasteiger charge is 2.41. The molecule has 0 aromatic rings. The number of rotatable bonds is 41. The summed E-state index contributed by atoms with van der Waals surface area (Å²) in [6.45, 7) is 12.6. The molecule has 0 aromatic heterocycles. The average molecular weight is 831 g/mol. The Morgan fingerprint density at radius 2 is 1.02 bits per heavy atom. The van der Waals surface area contributed by atoms with Crippen LogP contribution >= 0.6 is 0 Å². The lowest BCUT2D eigenvalue weighted by Crippen LogP contribution is -2.50. The molecule has 1 amide bonds. The van der Waals surface area contributed by atoms with Gasteiger partial charge >= 0.3 is 11.9 Å². The zero-order valence-corrected chi connectivity index (χ0v) is 39.7. The Balaban J connectivity index is 2.67. The van der Waals surface area contributed by atoms with Crippen molar-refractivity contribution in [1.29, 1.82) is 0 Å². The number of carbonyl (C=O) groups excluding carboxylic acids is 3. The molecule has 1 rings (SSSR count). The fraction of sp³-hybridized carbons (Fsp3) is 0.904. The average Bonchev–Trinajstić information content (AvgIpc) is 3.51. The van der Waals surface area contributed by atoms with Crippen molar-refractivity contribution >= 4 is 17.8 Å². The summed E-state index contributed by atoms with van der Waals surface area (Å²) in [5.74, 6) is -0.344. The van der Waals surface area contributed by atoms with Gasteiger partial charge in [0.25, 0.3) is 5.91 Å². The Kier molecular flexibility index (Phi) is 37.6. The second-order valence-electron chi connectivity index (χ2n) is 18.1. The van der Waals surface area contributed by atoms with Crippen LogP contribution in [0.25, 0.3) is 0 Å². The molecule has 0 spiro atoms. The fourth-order valence-electron chi connectivity index (χ4n) is 8.53. The molecule has 1 aliphatic rings. The van der Waals surface area contributed by atoms with E-state index in [0.29, 0.717) is 32.2 Å². The molecule has 59 heavy (non-hydrogen) atoms. The summed E-state index contributed by atoms with van der Waals surface area (Å²) in [5.41, 5.74) is -1.09. The monoisotopic (exact) mass is 831 g/mol. The van der Waals surface area contributed by atoms with Gasteiger partial charge in [-0.3, -0.25) is 14.4 Å². The van der Waals surface area contributed by atoms with Crippen LogP contribution in [0, 0.1) is 0 Å².